The quantitative estimate of drug-likeness (QED) is 0.686. The second kappa shape index (κ2) is 6.66. The van der Waals surface area contributed by atoms with Gasteiger partial charge in [0.15, 0.2) is 0 Å². The lowest BCUT2D eigenvalue weighted by Crippen LogP contribution is -1.96. The molecule has 0 atom stereocenters. The van der Waals surface area contributed by atoms with E-state index in [4.69, 9.17) is 0 Å². The predicted octanol–water partition coefficient (Wildman–Crippen LogP) is 3.12. The minimum atomic E-state index is -0.241. The summed E-state index contributed by atoms with van der Waals surface area (Å²) in [6.07, 6.45) is 0.966. The van der Waals surface area contributed by atoms with Gasteiger partial charge in [-0.15, -0.1) is 11.3 Å². The van der Waals surface area contributed by atoms with E-state index in [1.54, 1.807) is 0 Å². The first-order valence-corrected chi connectivity index (χ1v) is 5.31. The number of carbonyl (C=O) groups excluding carboxylic acids is 1. The third kappa shape index (κ3) is 3.59. The maximum Gasteiger partial charge on any atom is 0.348 e. The maximum absolute atomic E-state index is 10.9. The standard InChI is InChI=1S/C8H10O2S.C2H6/c1-3-6-4-7(11-5-6)8(9)10-2;1-2/h4-5H,3H2,1-2H3;1-2H3. The summed E-state index contributed by atoms with van der Waals surface area (Å²) in [5.41, 5.74) is 1.19. The van der Waals surface area contributed by atoms with Gasteiger partial charge in [0.25, 0.3) is 0 Å². The second-order valence-electron chi connectivity index (χ2n) is 2.16. The Bertz CT molecular complexity index is 253. The summed E-state index contributed by atoms with van der Waals surface area (Å²) in [6, 6.07) is 1.87. The number of aryl methyl sites for hydroxylation is 1. The lowest BCUT2D eigenvalue weighted by molar-refractivity contribution is 0.0606. The lowest BCUT2D eigenvalue weighted by Gasteiger charge is -1.91. The van der Waals surface area contributed by atoms with E-state index in [1.807, 2.05) is 25.3 Å². The average molecular weight is 200 g/mol. The van der Waals surface area contributed by atoms with Crippen molar-refractivity contribution in [2.75, 3.05) is 7.11 Å². The number of hydrogen-bond donors (Lipinski definition) is 0. The minimum absolute atomic E-state index is 0.241. The molecule has 0 aliphatic carbocycles. The van der Waals surface area contributed by atoms with Crippen LogP contribution in [0, 0.1) is 0 Å². The number of thiophene rings is 1. The van der Waals surface area contributed by atoms with E-state index in [9.17, 15) is 4.79 Å². The van der Waals surface area contributed by atoms with Gasteiger partial charge < -0.3 is 4.74 Å². The van der Waals surface area contributed by atoms with Crippen LogP contribution in [0.15, 0.2) is 11.4 Å². The Balaban J connectivity index is 0.000000671. The van der Waals surface area contributed by atoms with Crippen LogP contribution in [-0.2, 0) is 11.2 Å². The lowest BCUT2D eigenvalue weighted by atomic mass is 10.2. The molecule has 0 bridgehead atoms. The maximum atomic E-state index is 10.9. The Labute approximate surface area is 83.5 Å². The summed E-state index contributed by atoms with van der Waals surface area (Å²) in [5, 5.41) is 1.98. The van der Waals surface area contributed by atoms with Crippen LogP contribution in [0.3, 0.4) is 0 Å². The molecule has 2 nitrogen and oxygen atoms in total. The molecule has 0 aromatic carbocycles. The molecule has 0 amide bonds. The highest BCUT2D eigenvalue weighted by Crippen LogP contribution is 2.15. The van der Waals surface area contributed by atoms with Gasteiger partial charge in [0.1, 0.15) is 4.88 Å². The van der Waals surface area contributed by atoms with Crippen molar-refractivity contribution < 1.29 is 9.53 Å². The molecule has 1 aromatic rings. The molecule has 0 saturated heterocycles. The van der Waals surface area contributed by atoms with Gasteiger partial charge in [0, 0.05) is 0 Å². The van der Waals surface area contributed by atoms with Gasteiger partial charge in [-0.05, 0) is 23.4 Å². The summed E-state index contributed by atoms with van der Waals surface area (Å²) >= 11 is 1.43. The summed E-state index contributed by atoms with van der Waals surface area (Å²) in [5.74, 6) is -0.241. The molecular weight excluding hydrogens is 184 g/mol. The molecule has 0 N–H and O–H groups in total. The zero-order chi connectivity index (χ0) is 10.3. The molecule has 3 heteroatoms. The number of esters is 1. The zero-order valence-electron chi connectivity index (χ0n) is 8.59. The van der Waals surface area contributed by atoms with E-state index in [-0.39, 0.29) is 5.97 Å². The third-order valence-electron chi connectivity index (χ3n) is 1.45. The van der Waals surface area contributed by atoms with Crippen LogP contribution >= 0.6 is 11.3 Å². The van der Waals surface area contributed by atoms with Crippen molar-refractivity contribution in [1.82, 2.24) is 0 Å². The smallest absolute Gasteiger partial charge is 0.348 e. The molecule has 1 rings (SSSR count). The molecule has 0 aliphatic heterocycles. The Morgan fingerprint density at radius 2 is 2.15 bits per heavy atom. The topological polar surface area (TPSA) is 26.3 Å². The molecule has 1 heterocycles. The van der Waals surface area contributed by atoms with Gasteiger partial charge in [-0.2, -0.15) is 0 Å². The second-order valence-corrected chi connectivity index (χ2v) is 3.08. The Morgan fingerprint density at radius 1 is 1.54 bits per heavy atom. The first-order chi connectivity index (χ1) is 6.27. The number of hydrogen-bond acceptors (Lipinski definition) is 3. The molecule has 0 unspecified atom stereocenters. The monoisotopic (exact) mass is 200 g/mol. The van der Waals surface area contributed by atoms with Crippen molar-refractivity contribution in [2.45, 2.75) is 27.2 Å². The Morgan fingerprint density at radius 3 is 2.54 bits per heavy atom. The largest absolute Gasteiger partial charge is 0.465 e. The highest BCUT2D eigenvalue weighted by atomic mass is 32.1. The number of rotatable bonds is 2. The molecule has 0 spiro atoms. The van der Waals surface area contributed by atoms with Gasteiger partial charge in [-0.1, -0.05) is 20.8 Å². The van der Waals surface area contributed by atoms with Crippen molar-refractivity contribution in [3.05, 3.63) is 21.9 Å². The van der Waals surface area contributed by atoms with Crippen LogP contribution in [0.4, 0.5) is 0 Å². The van der Waals surface area contributed by atoms with Crippen LogP contribution in [0.1, 0.15) is 36.0 Å². The molecule has 0 saturated carbocycles. The third-order valence-corrected chi connectivity index (χ3v) is 2.41. The fourth-order valence-corrected chi connectivity index (χ4v) is 1.68. The van der Waals surface area contributed by atoms with E-state index >= 15 is 0 Å². The van der Waals surface area contributed by atoms with Crippen molar-refractivity contribution in [3.63, 3.8) is 0 Å². The molecule has 0 aliphatic rings. The van der Waals surface area contributed by atoms with Gasteiger partial charge >= 0.3 is 5.97 Å². The van der Waals surface area contributed by atoms with Gasteiger partial charge in [-0.25, -0.2) is 4.79 Å². The fraction of sp³-hybridized carbons (Fsp3) is 0.500. The normalized spacial score (nSPS) is 8.62. The Hall–Kier alpha value is -0.830. The highest BCUT2D eigenvalue weighted by Gasteiger charge is 2.06. The molecule has 74 valence electrons. The summed E-state index contributed by atoms with van der Waals surface area (Å²) in [4.78, 5) is 11.6. The molecule has 0 fully saturated rings. The number of carbonyl (C=O) groups is 1. The van der Waals surface area contributed by atoms with Gasteiger partial charge in [0.2, 0.25) is 0 Å². The minimum Gasteiger partial charge on any atom is -0.465 e. The van der Waals surface area contributed by atoms with E-state index in [0.29, 0.717) is 4.88 Å². The van der Waals surface area contributed by atoms with Crippen LogP contribution < -0.4 is 0 Å². The molecule has 13 heavy (non-hydrogen) atoms. The summed E-state index contributed by atoms with van der Waals surface area (Å²) in [7, 11) is 1.40. The predicted molar refractivity (Wildman–Crippen MR) is 56.4 cm³/mol. The van der Waals surface area contributed by atoms with E-state index < -0.39 is 0 Å². The van der Waals surface area contributed by atoms with Gasteiger partial charge in [0.05, 0.1) is 7.11 Å². The highest BCUT2D eigenvalue weighted by molar-refractivity contribution is 7.12. The SMILES string of the molecule is CC.CCc1csc(C(=O)OC)c1. The van der Waals surface area contributed by atoms with E-state index in [2.05, 4.69) is 11.7 Å². The van der Waals surface area contributed by atoms with Crippen LogP contribution in [0.2, 0.25) is 0 Å². The van der Waals surface area contributed by atoms with Crippen molar-refractivity contribution in [2.24, 2.45) is 0 Å². The molecule has 1 aromatic heterocycles. The molecular formula is C10H16O2S. The Kier molecular flexibility index (Phi) is 6.24. The van der Waals surface area contributed by atoms with Crippen molar-refractivity contribution >= 4 is 17.3 Å². The first kappa shape index (κ1) is 12.2. The van der Waals surface area contributed by atoms with Crippen LogP contribution in [0.25, 0.3) is 0 Å². The summed E-state index contributed by atoms with van der Waals surface area (Å²) in [6.45, 7) is 6.06. The molecule has 0 radical (unpaired) electrons. The van der Waals surface area contributed by atoms with Crippen molar-refractivity contribution in [1.29, 1.82) is 0 Å². The number of ether oxygens (including phenoxy) is 1. The zero-order valence-corrected chi connectivity index (χ0v) is 9.40. The van der Waals surface area contributed by atoms with Crippen molar-refractivity contribution in [3.8, 4) is 0 Å². The fourth-order valence-electron chi connectivity index (χ4n) is 0.769. The van der Waals surface area contributed by atoms with Crippen LogP contribution in [-0.4, -0.2) is 13.1 Å². The first-order valence-electron chi connectivity index (χ1n) is 4.43. The number of methoxy groups -OCH3 is 1. The average Bonchev–Trinajstić information content (AvgIpc) is 2.68. The van der Waals surface area contributed by atoms with E-state index in [1.165, 1.54) is 24.0 Å². The van der Waals surface area contributed by atoms with E-state index in [0.717, 1.165) is 6.42 Å². The van der Waals surface area contributed by atoms with Crippen LogP contribution in [0.5, 0.6) is 0 Å². The van der Waals surface area contributed by atoms with Gasteiger partial charge in [-0.3, -0.25) is 0 Å². The summed E-state index contributed by atoms with van der Waals surface area (Å²) < 4.78 is 4.57.